The van der Waals surface area contributed by atoms with Crippen LogP contribution in [0.1, 0.15) is 26.3 Å². The molecule has 5 aromatic rings. The molecular formula is C28H26N2. The summed E-state index contributed by atoms with van der Waals surface area (Å²) in [6, 6.07) is 28.3. The van der Waals surface area contributed by atoms with Gasteiger partial charge in [0.15, 0.2) is 0 Å². The average molecular weight is 391 g/mol. The molecule has 0 N–H and O–H groups in total. The first-order chi connectivity index (χ1) is 14.4. The number of pyridine rings is 1. The molecule has 2 nitrogen and oxygen atoms in total. The van der Waals surface area contributed by atoms with E-state index in [-0.39, 0.29) is 5.41 Å². The van der Waals surface area contributed by atoms with Crippen molar-refractivity contribution in [3.8, 4) is 22.5 Å². The first-order valence-electron chi connectivity index (χ1n) is 10.5. The molecule has 0 aliphatic heterocycles. The number of fused-ring (bicyclic) bond motifs is 2. The van der Waals surface area contributed by atoms with Crippen LogP contribution in [0.25, 0.3) is 44.2 Å². The van der Waals surface area contributed by atoms with Crippen LogP contribution < -0.4 is 0 Å². The lowest BCUT2D eigenvalue weighted by Crippen LogP contribution is -2.12. The fraction of sp³-hybridized carbons (Fsp3) is 0.179. The van der Waals surface area contributed by atoms with Gasteiger partial charge in [0, 0.05) is 41.0 Å². The fourth-order valence-corrected chi connectivity index (χ4v) is 4.39. The Morgan fingerprint density at radius 2 is 1.47 bits per heavy atom. The summed E-state index contributed by atoms with van der Waals surface area (Å²) in [5.41, 5.74) is 7.22. The van der Waals surface area contributed by atoms with Gasteiger partial charge in [0.1, 0.15) is 0 Å². The van der Waals surface area contributed by atoms with Crippen molar-refractivity contribution in [1.82, 2.24) is 9.55 Å². The van der Waals surface area contributed by atoms with Crippen LogP contribution in [0.4, 0.5) is 0 Å². The minimum Gasteiger partial charge on any atom is -0.344 e. The largest absolute Gasteiger partial charge is 0.344 e. The van der Waals surface area contributed by atoms with E-state index in [1.54, 1.807) is 0 Å². The zero-order valence-electron chi connectivity index (χ0n) is 18.0. The van der Waals surface area contributed by atoms with Crippen LogP contribution in [-0.2, 0) is 12.5 Å². The highest BCUT2D eigenvalue weighted by Gasteiger charge is 2.19. The number of aryl methyl sites for hydroxylation is 1. The highest BCUT2D eigenvalue weighted by molar-refractivity contribution is 5.91. The summed E-state index contributed by atoms with van der Waals surface area (Å²) < 4.78 is 2.26. The minimum absolute atomic E-state index is 0.0586. The summed E-state index contributed by atoms with van der Waals surface area (Å²) in [4.78, 5) is 4.74. The Morgan fingerprint density at radius 1 is 0.733 bits per heavy atom. The van der Waals surface area contributed by atoms with Crippen molar-refractivity contribution in [3.05, 3.63) is 90.6 Å². The fourth-order valence-electron chi connectivity index (χ4n) is 4.39. The molecule has 5 rings (SSSR count). The van der Waals surface area contributed by atoms with Crippen molar-refractivity contribution in [2.24, 2.45) is 7.05 Å². The van der Waals surface area contributed by atoms with Crippen molar-refractivity contribution in [3.63, 3.8) is 0 Å². The molecule has 0 bridgehead atoms. The van der Waals surface area contributed by atoms with Crippen LogP contribution >= 0.6 is 0 Å². The number of hydrogen-bond donors (Lipinski definition) is 0. The zero-order chi connectivity index (χ0) is 20.9. The molecule has 30 heavy (non-hydrogen) atoms. The van der Waals surface area contributed by atoms with Crippen molar-refractivity contribution in [2.45, 2.75) is 26.2 Å². The second kappa shape index (κ2) is 6.84. The molecule has 2 heteroatoms. The number of para-hydroxylation sites is 1. The number of aromatic nitrogens is 2. The molecule has 0 atom stereocenters. The maximum absolute atomic E-state index is 4.74. The SMILES string of the molecule is Cn1c(-c2ccnc(-c3cc(C(C)(C)C)c4ccccc4c3)c2)cc2ccccc21. The summed E-state index contributed by atoms with van der Waals surface area (Å²) >= 11 is 0. The van der Waals surface area contributed by atoms with Gasteiger partial charge in [0.05, 0.1) is 5.69 Å². The van der Waals surface area contributed by atoms with Gasteiger partial charge in [-0.2, -0.15) is 0 Å². The van der Waals surface area contributed by atoms with Crippen LogP contribution in [0.2, 0.25) is 0 Å². The van der Waals surface area contributed by atoms with E-state index in [0.29, 0.717) is 0 Å². The lowest BCUT2D eigenvalue weighted by Gasteiger charge is -2.22. The molecule has 0 spiro atoms. The first kappa shape index (κ1) is 18.6. The first-order valence-corrected chi connectivity index (χ1v) is 10.5. The Morgan fingerprint density at radius 3 is 2.23 bits per heavy atom. The quantitative estimate of drug-likeness (QED) is 0.308. The van der Waals surface area contributed by atoms with Gasteiger partial charge in [-0.1, -0.05) is 63.2 Å². The molecule has 2 aromatic heterocycles. The third-order valence-corrected chi connectivity index (χ3v) is 5.97. The molecule has 0 unspecified atom stereocenters. The van der Waals surface area contributed by atoms with Gasteiger partial charge in [0.25, 0.3) is 0 Å². The molecular weight excluding hydrogens is 364 g/mol. The van der Waals surface area contributed by atoms with Gasteiger partial charge in [-0.15, -0.1) is 0 Å². The van der Waals surface area contributed by atoms with E-state index in [1.807, 2.05) is 6.20 Å². The Kier molecular flexibility index (Phi) is 4.25. The van der Waals surface area contributed by atoms with Gasteiger partial charge in [-0.25, -0.2) is 0 Å². The molecule has 0 aliphatic carbocycles. The van der Waals surface area contributed by atoms with Gasteiger partial charge in [-0.05, 0) is 58.1 Å². The zero-order valence-corrected chi connectivity index (χ0v) is 18.0. The topological polar surface area (TPSA) is 17.8 Å². The lowest BCUT2D eigenvalue weighted by molar-refractivity contribution is 0.596. The molecule has 0 saturated carbocycles. The summed E-state index contributed by atoms with van der Waals surface area (Å²) in [6.45, 7) is 6.83. The Hall–Kier alpha value is -3.39. The molecule has 0 aliphatic rings. The Balaban J connectivity index is 1.69. The van der Waals surface area contributed by atoms with E-state index in [1.165, 1.54) is 44.1 Å². The van der Waals surface area contributed by atoms with E-state index < -0.39 is 0 Å². The summed E-state index contributed by atoms with van der Waals surface area (Å²) in [6.07, 6.45) is 1.92. The van der Waals surface area contributed by atoms with Crippen LogP contribution in [0.15, 0.2) is 85.1 Å². The third-order valence-electron chi connectivity index (χ3n) is 5.97. The highest BCUT2D eigenvalue weighted by Crippen LogP contribution is 2.35. The van der Waals surface area contributed by atoms with E-state index in [0.717, 1.165) is 5.69 Å². The highest BCUT2D eigenvalue weighted by atomic mass is 14.9. The lowest BCUT2D eigenvalue weighted by atomic mass is 9.82. The smallest absolute Gasteiger partial charge is 0.0709 e. The third kappa shape index (κ3) is 3.09. The van der Waals surface area contributed by atoms with E-state index >= 15 is 0 Å². The molecule has 0 radical (unpaired) electrons. The van der Waals surface area contributed by atoms with Crippen molar-refractivity contribution in [1.29, 1.82) is 0 Å². The second-order valence-electron chi connectivity index (χ2n) is 9.07. The van der Waals surface area contributed by atoms with Gasteiger partial charge in [0.2, 0.25) is 0 Å². The predicted octanol–water partition coefficient (Wildman–Crippen LogP) is 7.36. The number of nitrogens with zero attached hydrogens (tertiary/aromatic N) is 2. The second-order valence-corrected chi connectivity index (χ2v) is 9.07. The summed E-state index contributed by atoms with van der Waals surface area (Å²) in [5.74, 6) is 0. The molecule has 0 amide bonds. The Labute approximate surface area is 177 Å². The molecule has 3 aromatic carbocycles. The van der Waals surface area contributed by atoms with Gasteiger partial charge in [-0.3, -0.25) is 4.98 Å². The number of benzene rings is 3. The summed E-state index contributed by atoms with van der Waals surface area (Å²) in [7, 11) is 2.13. The summed E-state index contributed by atoms with van der Waals surface area (Å²) in [5, 5.41) is 3.84. The minimum atomic E-state index is 0.0586. The monoisotopic (exact) mass is 390 g/mol. The van der Waals surface area contributed by atoms with E-state index in [4.69, 9.17) is 4.98 Å². The standard InChI is InChI=1S/C28H26N2/c1-28(2,3)24-16-22(15-19-9-5-7-11-23(19)24)25-17-21(13-14-29-25)27-18-20-10-6-8-12-26(20)30(27)4/h5-18H,1-4H3. The van der Waals surface area contributed by atoms with Gasteiger partial charge < -0.3 is 4.57 Å². The number of hydrogen-bond acceptors (Lipinski definition) is 1. The van der Waals surface area contributed by atoms with Crippen LogP contribution in [0.3, 0.4) is 0 Å². The normalized spacial score (nSPS) is 12.0. The predicted molar refractivity (Wildman–Crippen MR) is 128 cm³/mol. The average Bonchev–Trinajstić information content (AvgIpc) is 3.09. The molecule has 2 heterocycles. The molecule has 148 valence electrons. The van der Waals surface area contributed by atoms with Crippen molar-refractivity contribution >= 4 is 21.7 Å². The van der Waals surface area contributed by atoms with Crippen LogP contribution in [0.5, 0.6) is 0 Å². The van der Waals surface area contributed by atoms with Crippen molar-refractivity contribution in [2.75, 3.05) is 0 Å². The van der Waals surface area contributed by atoms with Crippen LogP contribution in [0, 0.1) is 0 Å². The van der Waals surface area contributed by atoms with Gasteiger partial charge >= 0.3 is 0 Å². The molecule has 0 saturated heterocycles. The van der Waals surface area contributed by atoms with Crippen LogP contribution in [-0.4, -0.2) is 9.55 Å². The van der Waals surface area contributed by atoms with Crippen molar-refractivity contribution < 1.29 is 0 Å². The Bertz CT molecular complexity index is 1380. The van der Waals surface area contributed by atoms with E-state index in [2.05, 4.69) is 111 Å². The maximum Gasteiger partial charge on any atom is 0.0709 e. The maximum atomic E-state index is 4.74. The number of rotatable bonds is 2. The van der Waals surface area contributed by atoms with E-state index in [9.17, 15) is 0 Å². The molecule has 0 fully saturated rings.